The van der Waals surface area contributed by atoms with Gasteiger partial charge < -0.3 is 0 Å². The summed E-state index contributed by atoms with van der Waals surface area (Å²) in [5.41, 5.74) is 1.41. The van der Waals surface area contributed by atoms with Crippen LogP contribution in [0, 0.1) is 0 Å². The highest BCUT2D eigenvalue weighted by Gasteiger charge is 2.07. The van der Waals surface area contributed by atoms with Crippen LogP contribution in [-0.4, -0.2) is 5.78 Å². The second kappa shape index (κ2) is 10.3. The van der Waals surface area contributed by atoms with Gasteiger partial charge in [-0.25, -0.2) is 0 Å². The Bertz CT molecular complexity index is 244. The zero-order valence-corrected chi connectivity index (χ0v) is 12.2. The van der Waals surface area contributed by atoms with Crippen LogP contribution in [-0.2, 0) is 4.79 Å². The van der Waals surface area contributed by atoms with Crippen LogP contribution in [0.25, 0.3) is 0 Å². The summed E-state index contributed by atoms with van der Waals surface area (Å²) in [6.07, 6.45) is 18.0. The van der Waals surface area contributed by atoms with Gasteiger partial charge in [0.15, 0.2) is 5.78 Å². The van der Waals surface area contributed by atoms with Gasteiger partial charge in [-0.3, -0.25) is 4.79 Å². The number of carbonyl (C=O) groups is 1. The van der Waals surface area contributed by atoms with E-state index in [0.29, 0.717) is 5.78 Å². The Morgan fingerprint density at radius 3 is 2.22 bits per heavy atom. The lowest BCUT2D eigenvalue weighted by Gasteiger charge is -2.12. The van der Waals surface area contributed by atoms with E-state index in [1.54, 1.807) is 0 Å². The number of ketones is 1. The maximum Gasteiger partial charge on any atom is 0.155 e. The van der Waals surface area contributed by atoms with Crippen molar-refractivity contribution in [3.05, 3.63) is 11.6 Å². The highest BCUT2D eigenvalue weighted by Crippen LogP contribution is 2.22. The van der Waals surface area contributed by atoms with Crippen molar-refractivity contribution in [1.82, 2.24) is 0 Å². The monoisotopic (exact) mass is 250 g/mol. The molecule has 1 saturated carbocycles. The molecular formula is C17H30O. The van der Waals surface area contributed by atoms with Crippen LogP contribution < -0.4 is 0 Å². The molecule has 0 aliphatic heterocycles. The van der Waals surface area contributed by atoms with Crippen LogP contribution in [0.1, 0.15) is 90.4 Å². The van der Waals surface area contributed by atoms with Crippen molar-refractivity contribution in [2.75, 3.05) is 0 Å². The predicted molar refractivity (Wildman–Crippen MR) is 78.8 cm³/mol. The number of rotatable bonds is 9. The molecule has 104 valence electrons. The first-order valence-corrected chi connectivity index (χ1v) is 8.05. The first-order chi connectivity index (χ1) is 8.83. The summed E-state index contributed by atoms with van der Waals surface area (Å²) in [5, 5.41) is 0. The quantitative estimate of drug-likeness (QED) is 0.385. The molecule has 1 nitrogen and oxygen atoms in total. The standard InChI is InChI=1S/C17H30O/c1-2-3-4-5-6-7-11-14-17(18)15-16-12-9-8-10-13-16/h15H,2-14H2,1H3. The van der Waals surface area contributed by atoms with Gasteiger partial charge in [0.2, 0.25) is 0 Å². The molecule has 0 unspecified atom stereocenters. The van der Waals surface area contributed by atoms with E-state index in [2.05, 4.69) is 6.92 Å². The van der Waals surface area contributed by atoms with Crippen LogP contribution in [0.15, 0.2) is 11.6 Å². The molecule has 0 saturated heterocycles. The van der Waals surface area contributed by atoms with Gasteiger partial charge in [-0.1, -0.05) is 57.4 Å². The van der Waals surface area contributed by atoms with Gasteiger partial charge in [0, 0.05) is 6.42 Å². The van der Waals surface area contributed by atoms with E-state index in [0.717, 1.165) is 12.8 Å². The Morgan fingerprint density at radius 2 is 1.56 bits per heavy atom. The van der Waals surface area contributed by atoms with Gasteiger partial charge in [-0.2, -0.15) is 0 Å². The van der Waals surface area contributed by atoms with E-state index < -0.39 is 0 Å². The second-order valence-electron chi connectivity index (χ2n) is 5.70. The first kappa shape index (κ1) is 15.5. The van der Waals surface area contributed by atoms with Crippen LogP contribution in [0.3, 0.4) is 0 Å². The summed E-state index contributed by atoms with van der Waals surface area (Å²) in [5.74, 6) is 0.375. The summed E-state index contributed by atoms with van der Waals surface area (Å²) in [4.78, 5) is 11.8. The smallest absolute Gasteiger partial charge is 0.155 e. The van der Waals surface area contributed by atoms with E-state index in [9.17, 15) is 4.79 Å². The van der Waals surface area contributed by atoms with Gasteiger partial charge in [0.1, 0.15) is 0 Å². The van der Waals surface area contributed by atoms with Crippen molar-refractivity contribution in [2.45, 2.75) is 90.4 Å². The molecule has 0 heterocycles. The third-order valence-electron chi connectivity index (χ3n) is 3.89. The number of hydrogen-bond donors (Lipinski definition) is 0. The predicted octanol–water partition coefficient (Wildman–Crippen LogP) is 5.59. The first-order valence-electron chi connectivity index (χ1n) is 8.05. The number of unbranched alkanes of at least 4 members (excludes halogenated alkanes) is 6. The van der Waals surface area contributed by atoms with Crippen molar-refractivity contribution < 1.29 is 4.79 Å². The van der Waals surface area contributed by atoms with Crippen molar-refractivity contribution in [1.29, 1.82) is 0 Å². The SMILES string of the molecule is CCCCCCCCCC(=O)C=C1CCCCC1. The van der Waals surface area contributed by atoms with Gasteiger partial charge in [0.25, 0.3) is 0 Å². The average Bonchev–Trinajstić information content (AvgIpc) is 2.39. The Kier molecular flexibility index (Phi) is 8.89. The molecule has 1 aliphatic carbocycles. The van der Waals surface area contributed by atoms with E-state index in [1.807, 2.05) is 6.08 Å². The Balaban J connectivity index is 1.99. The lowest BCUT2D eigenvalue weighted by molar-refractivity contribution is -0.114. The fraction of sp³-hybridized carbons (Fsp3) is 0.824. The molecule has 18 heavy (non-hydrogen) atoms. The molecule has 0 radical (unpaired) electrons. The fourth-order valence-corrected chi connectivity index (χ4v) is 2.71. The van der Waals surface area contributed by atoms with Crippen LogP contribution in [0.4, 0.5) is 0 Å². The van der Waals surface area contributed by atoms with Gasteiger partial charge in [-0.05, 0) is 38.2 Å². The summed E-state index contributed by atoms with van der Waals surface area (Å²) in [7, 11) is 0. The topological polar surface area (TPSA) is 17.1 Å². The number of allylic oxidation sites excluding steroid dienone is 2. The molecule has 1 rings (SSSR count). The Hall–Kier alpha value is -0.590. The third-order valence-corrected chi connectivity index (χ3v) is 3.89. The minimum Gasteiger partial charge on any atom is -0.295 e. The molecule has 0 bridgehead atoms. The van der Waals surface area contributed by atoms with Crippen LogP contribution in [0.5, 0.6) is 0 Å². The summed E-state index contributed by atoms with van der Waals surface area (Å²) < 4.78 is 0. The highest BCUT2D eigenvalue weighted by atomic mass is 16.1. The maximum absolute atomic E-state index is 11.8. The molecule has 0 spiro atoms. The maximum atomic E-state index is 11.8. The molecular weight excluding hydrogens is 220 g/mol. The Morgan fingerprint density at radius 1 is 0.944 bits per heavy atom. The zero-order chi connectivity index (χ0) is 13.1. The molecule has 1 heteroatoms. The molecule has 0 N–H and O–H groups in total. The molecule has 0 amide bonds. The van der Waals surface area contributed by atoms with E-state index in [-0.39, 0.29) is 0 Å². The number of hydrogen-bond acceptors (Lipinski definition) is 1. The van der Waals surface area contributed by atoms with Crippen LogP contribution >= 0.6 is 0 Å². The third kappa shape index (κ3) is 7.68. The van der Waals surface area contributed by atoms with Gasteiger partial charge in [0.05, 0.1) is 0 Å². The largest absolute Gasteiger partial charge is 0.295 e. The van der Waals surface area contributed by atoms with Crippen LogP contribution in [0.2, 0.25) is 0 Å². The summed E-state index contributed by atoms with van der Waals surface area (Å²) in [6, 6.07) is 0. The molecule has 0 aromatic carbocycles. The van der Waals surface area contributed by atoms with Crippen molar-refractivity contribution in [3.8, 4) is 0 Å². The van der Waals surface area contributed by atoms with E-state index in [4.69, 9.17) is 0 Å². The summed E-state index contributed by atoms with van der Waals surface area (Å²) in [6.45, 7) is 2.25. The molecule has 1 fully saturated rings. The zero-order valence-electron chi connectivity index (χ0n) is 12.2. The van der Waals surface area contributed by atoms with Gasteiger partial charge >= 0.3 is 0 Å². The number of carbonyl (C=O) groups excluding carboxylic acids is 1. The molecule has 0 aromatic heterocycles. The summed E-state index contributed by atoms with van der Waals surface area (Å²) >= 11 is 0. The molecule has 0 atom stereocenters. The average molecular weight is 250 g/mol. The fourth-order valence-electron chi connectivity index (χ4n) is 2.71. The lowest BCUT2D eigenvalue weighted by atomic mass is 9.93. The van der Waals surface area contributed by atoms with E-state index >= 15 is 0 Å². The van der Waals surface area contributed by atoms with Crippen molar-refractivity contribution in [3.63, 3.8) is 0 Å². The van der Waals surface area contributed by atoms with Gasteiger partial charge in [-0.15, -0.1) is 0 Å². The normalized spacial score (nSPS) is 15.7. The van der Waals surface area contributed by atoms with E-state index in [1.165, 1.54) is 76.2 Å². The molecule has 1 aliphatic rings. The lowest BCUT2D eigenvalue weighted by Crippen LogP contribution is -1.99. The molecule has 0 aromatic rings. The second-order valence-corrected chi connectivity index (χ2v) is 5.70. The van der Waals surface area contributed by atoms with Crippen molar-refractivity contribution >= 4 is 5.78 Å². The van der Waals surface area contributed by atoms with Crippen molar-refractivity contribution in [2.24, 2.45) is 0 Å². The minimum atomic E-state index is 0.375. The Labute approximate surface area is 113 Å². The minimum absolute atomic E-state index is 0.375. The highest BCUT2D eigenvalue weighted by molar-refractivity contribution is 5.90.